The topological polar surface area (TPSA) is 44.0 Å². The minimum Gasteiger partial charge on any atom is -0.383 e. The monoisotopic (exact) mass is 229 g/mol. The molecule has 1 aromatic carbocycles. The van der Waals surface area contributed by atoms with Gasteiger partial charge in [-0.05, 0) is 24.8 Å². The number of hydrogen-bond acceptors (Lipinski definition) is 2. The Kier molecular flexibility index (Phi) is 3.22. The second kappa shape index (κ2) is 4.50. The molecule has 1 saturated carbocycles. The van der Waals surface area contributed by atoms with Gasteiger partial charge >= 0.3 is 0 Å². The molecule has 2 rings (SSSR count). The molecule has 0 amide bonds. The molecule has 0 heterocycles. The normalized spacial score (nSPS) is 21.0. The van der Waals surface area contributed by atoms with E-state index in [1.54, 1.807) is 0 Å². The Morgan fingerprint density at radius 2 is 2.00 bits per heavy atom. The van der Waals surface area contributed by atoms with Crippen LogP contribution in [0.4, 0.5) is 0 Å². The lowest BCUT2D eigenvalue weighted by Crippen LogP contribution is -2.49. The highest BCUT2D eigenvalue weighted by Gasteiger charge is 2.54. The average Bonchev–Trinajstić information content (AvgIpc) is 2.30. The summed E-state index contributed by atoms with van der Waals surface area (Å²) in [4.78, 5) is 0. The summed E-state index contributed by atoms with van der Waals surface area (Å²) >= 11 is 0. The fourth-order valence-corrected chi connectivity index (χ4v) is 2.88. The Labute approximate surface area is 103 Å². The van der Waals surface area contributed by atoms with Crippen molar-refractivity contribution in [3.8, 4) is 6.07 Å². The Morgan fingerprint density at radius 1 is 1.35 bits per heavy atom. The first-order chi connectivity index (χ1) is 8.18. The summed E-state index contributed by atoms with van der Waals surface area (Å²) in [6.07, 6.45) is 4.22. The van der Waals surface area contributed by atoms with Gasteiger partial charge < -0.3 is 5.11 Å². The van der Waals surface area contributed by atoms with Crippen LogP contribution in [0.25, 0.3) is 0 Å². The molecule has 1 unspecified atom stereocenters. The first-order valence-corrected chi connectivity index (χ1v) is 6.38. The summed E-state index contributed by atoms with van der Waals surface area (Å²) in [5.74, 6) is 0. The van der Waals surface area contributed by atoms with Gasteiger partial charge in [-0.3, -0.25) is 0 Å². The highest BCUT2D eigenvalue weighted by Crippen LogP contribution is 2.55. The summed E-state index contributed by atoms with van der Waals surface area (Å²) in [7, 11) is 0. The molecule has 1 N–H and O–H groups in total. The molecular weight excluding hydrogens is 210 g/mol. The van der Waals surface area contributed by atoms with Gasteiger partial charge in [0.05, 0.1) is 11.5 Å². The van der Waals surface area contributed by atoms with E-state index in [1.807, 2.05) is 30.3 Å². The Bertz CT molecular complexity index is 416. The summed E-state index contributed by atoms with van der Waals surface area (Å²) in [5, 5.41) is 20.5. The van der Waals surface area contributed by atoms with E-state index in [0.29, 0.717) is 6.42 Å². The third kappa shape index (κ3) is 1.75. The van der Waals surface area contributed by atoms with Gasteiger partial charge in [0, 0.05) is 0 Å². The van der Waals surface area contributed by atoms with Crippen LogP contribution in [0, 0.1) is 16.7 Å². The van der Waals surface area contributed by atoms with E-state index in [9.17, 15) is 10.4 Å². The van der Waals surface area contributed by atoms with Crippen molar-refractivity contribution in [1.29, 1.82) is 5.26 Å². The van der Waals surface area contributed by atoms with E-state index in [2.05, 4.69) is 13.0 Å². The summed E-state index contributed by atoms with van der Waals surface area (Å²) in [5.41, 5.74) is -0.650. The molecule has 2 nitrogen and oxygen atoms in total. The number of nitriles is 1. The lowest BCUT2D eigenvalue weighted by molar-refractivity contribution is -0.107. The van der Waals surface area contributed by atoms with Gasteiger partial charge in [0.15, 0.2) is 0 Å². The van der Waals surface area contributed by atoms with Gasteiger partial charge in [0.2, 0.25) is 0 Å². The second-order valence-corrected chi connectivity index (χ2v) is 5.02. The molecule has 1 aliphatic carbocycles. The van der Waals surface area contributed by atoms with Crippen LogP contribution in [0.5, 0.6) is 0 Å². The fourth-order valence-electron chi connectivity index (χ4n) is 2.88. The highest BCUT2D eigenvalue weighted by molar-refractivity contribution is 5.30. The SMILES string of the molecule is CCCC(O)(c1ccccc1)C1(C#N)CCC1. The number of rotatable bonds is 4. The van der Waals surface area contributed by atoms with Crippen molar-refractivity contribution >= 4 is 0 Å². The standard InChI is InChI=1S/C15H19NO/c1-2-9-15(17,13-7-4-3-5-8-13)14(12-16)10-6-11-14/h3-5,7-8,17H,2,6,9-11H2,1H3. The van der Waals surface area contributed by atoms with E-state index in [1.165, 1.54) is 0 Å². The molecule has 2 heteroatoms. The number of hydrogen-bond donors (Lipinski definition) is 1. The highest BCUT2D eigenvalue weighted by atomic mass is 16.3. The first-order valence-electron chi connectivity index (χ1n) is 6.38. The van der Waals surface area contributed by atoms with Crippen LogP contribution in [-0.2, 0) is 5.60 Å². The van der Waals surface area contributed by atoms with Crippen LogP contribution in [0.1, 0.15) is 44.6 Å². The lowest BCUT2D eigenvalue weighted by Gasteiger charge is -2.48. The lowest BCUT2D eigenvalue weighted by atomic mass is 9.56. The third-order valence-corrected chi connectivity index (χ3v) is 4.08. The largest absolute Gasteiger partial charge is 0.383 e. The van der Waals surface area contributed by atoms with Crippen molar-refractivity contribution in [3.63, 3.8) is 0 Å². The van der Waals surface area contributed by atoms with Gasteiger partial charge in [-0.15, -0.1) is 0 Å². The van der Waals surface area contributed by atoms with E-state index >= 15 is 0 Å². The molecule has 0 aromatic heterocycles. The maximum Gasteiger partial charge on any atom is 0.108 e. The number of nitrogens with zero attached hydrogens (tertiary/aromatic N) is 1. The Balaban J connectivity index is 2.43. The number of benzene rings is 1. The van der Waals surface area contributed by atoms with Crippen LogP contribution >= 0.6 is 0 Å². The van der Waals surface area contributed by atoms with E-state index in [4.69, 9.17) is 0 Å². The minimum absolute atomic E-state index is 0.565. The maximum atomic E-state index is 11.0. The molecule has 1 aliphatic rings. The smallest absolute Gasteiger partial charge is 0.108 e. The predicted octanol–water partition coefficient (Wildman–Crippen LogP) is 3.37. The zero-order valence-electron chi connectivity index (χ0n) is 10.3. The van der Waals surface area contributed by atoms with Crippen LogP contribution < -0.4 is 0 Å². The van der Waals surface area contributed by atoms with Gasteiger partial charge in [-0.25, -0.2) is 0 Å². The summed E-state index contributed by atoms with van der Waals surface area (Å²) in [6, 6.07) is 12.1. The van der Waals surface area contributed by atoms with Crippen LogP contribution in [0.2, 0.25) is 0 Å². The maximum absolute atomic E-state index is 11.0. The summed E-state index contributed by atoms with van der Waals surface area (Å²) < 4.78 is 0. The zero-order valence-corrected chi connectivity index (χ0v) is 10.3. The molecule has 1 fully saturated rings. The van der Waals surface area contributed by atoms with Gasteiger partial charge in [0.25, 0.3) is 0 Å². The molecule has 1 atom stereocenters. The molecule has 90 valence electrons. The molecule has 0 saturated heterocycles. The molecule has 0 radical (unpaired) electrons. The van der Waals surface area contributed by atoms with Crippen LogP contribution in [-0.4, -0.2) is 5.11 Å². The number of aliphatic hydroxyl groups is 1. The average molecular weight is 229 g/mol. The van der Waals surface area contributed by atoms with Gasteiger partial charge in [-0.2, -0.15) is 5.26 Å². The van der Waals surface area contributed by atoms with Crippen molar-refractivity contribution in [1.82, 2.24) is 0 Å². The van der Waals surface area contributed by atoms with E-state index in [0.717, 1.165) is 31.2 Å². The third-order valence-electron chi connectivity index (χ3n) is 4.08. The second-order valence-electron chi connectivity index (χ2n) is 5.02. The molecule has 0 spiro atoms. The fraction of sp³-hybridized carbons (Fsp3) is 0.533. The zero-order chi connectivity index (χ0) is 12.4. The van der Waals surface area contributed by atoms with Crippen LogP contribution in [0.15, 0.2) is 30.3 Å². The quantitative estimate of drug-likeness (QED) is 0.860. The van der Waals surface area contributed by atoms with E-state index in [-0.39, 0.29) is 0 Å². The Hall–Kier alpha value is -1.33. The molecular formula is C15H19NO. The minimum atomic E-state index is -0.976. The van der Waals surface area contributed by atoms with Crippen molar-refractivity contribution in [2.24, 2.45) is 5.41 Å². The first kappa shape index (κ1) is 12.1. The Morgan fingerprint density at radius 3 is 2.41 bits per heavy atom. The van der Waals surface area contributed by atoms with Crippen molar-refractivity contribution in [2.45, 2.75) is 44.6 Å². The van der Waals surface area contributed by atoms with E-state index < -0.39 is 11.0 Å². The van der Waals surface area contributed by atoms with Crippen LogP contribution in [0.3, 0.4) is 0 Å². The molecule has 1 aromatic rings. The van der Waals surface area contributed by atoms with Crippen molar-refractivity contribution < 1.29 is 5.11 Å². The van der Waals surface area contributed by atoms with Gasteiger partial charge in [0.1, 0.15) is 5.60 Å². The molecule has 0 bridgehead atoms. The van der Waals surface area contributed by atoms with Crippen molar-refractivity contribution in [2.75, 3.05) is 0 Å². The predicted molar refractivity (Wildman–Crippen MR) is 67.1 cm³/mol. The summed E-state index contributed by atoms with van der Waals surface area (Å²) in [6.45, 7) is 2.05. The van der Waals surface area contributed by atoms with Gasteiger partial charge in [-0.1, -0.05) is 50.1 Å². The molecule has 17 heavy (non-hydrogen) atoms. The van der Waals surface area contributed by atoms with Crippen molar-refractivity contribution in [3.05, 3.63) is 35.9 Å². The molecule has 0 aliphatic heterocycles.